The van der Waals surface area contributed by atoms with Crippen molar-refractivity contribution in [3.63, 3.8) is 0 Å². The lowest BCUT2D eigenvalue weighted by Crippen LogP contribution is -2.19. The van der Waals surface area contributed by atoms with Crippen LogP contribution in [0.2, 0.25) is 0 Å². The summed E-state index contributed by atoms with van der Waals surface area (Å²) in [5.41, 5.74) is 1.67. The van der Waals surface area contributed by atoms with Crippen molar-refractivity contribution in [2.45, 2.75) is 30.5 Å². The molecule has 2 aromatic heterocycles. The summed E-state index contributed by atoms with van der Waals surface area (Å²) >= 11 is 2.86. The molecule has 3 aromatic rings. The van der Waals surface area contributed by atoms with Crippen LogP contribution in [0, 0.1) is 6.92 Å². The van der Waals surface area contributed by atoms with Crippen molar-refractivity contribution < 1.29 is 22.3 Å². The first-order valence-electron chi connectivity index (χ1n) is 7.52. The van der Waals surface area contributed by atoms with Crippen LogP contribution in [0.5, 0.6) is 5.75 Å². The first-order chi connectivity index (χ1) is 12.4. The van der Waals surface area contributed by atoms with Gasteiger partial charge in [0.15, 0.2) is 6.61 Å². The fraction of sp³-hybridized carbons (Fsp3) is 0.312. The Balaban J connectivity index is 1.54. The topological polar surface area (TPSA) is 61.0 Å². The lowest BCUT2D eigenvalue weighted by Gasteiger charge is -2.09. The third kappa shape index (κ3) is 5.73. The van der Waals surface area contributed by atoms with E-state index in [1.807, 2.05) is 12.3 Å². The summed E-state index contributed by atoms with van der Waals surface area (Å²) in [4.78, 5) is 4.34. The third-order valence-corrected chi connectivity index (χ3v) is 4.82. The summed E-state index contributed by atoms with van der Waals surface area (Å²) in [6.07, 6.45) is -3.89. The summed E-state index contributed by atoms with van der Waals surface area (Å²) in [7, 11) is 0. The van der Waals surface area contributed by atoms with Crippen molar-refractivity contribution in [3.8, 4) is 5.75 Å². The van der Waals surface area contributed by atoms with Gasteiger partial charge in [-0.15, -0.1) is 21.5 Å². The molecule has 0 atom stereocenters. The second-order valence-electron chi connectivity index (χ2n) is 5.34. The quantitative estimate of drug-likeness (QED) is 0.537. The normalized spacial score (nSPS) is 11.7. The maximum atomic E-state index is 12.2. The highest BCUT2D eigenvalue weighted by Crippen LogP contribution is 2.25. The van der Waals surface area contributed by atoms with E-state index in [2.05, 4.69) is 15.2 Å². The van der Waals surface area contributed by atoms with E-state index in [0.717, 1.165) is 16.3 Å². The Bertz CT molecular complexity index is 864. The number of thiazole rings is 1. The molecular weight excluding hydrogens is 387 g/mol. The Kier molecular flexibility index (Phi) is 5.82. The minimum atomic E-state index is -4.36. The molecule has 10 heteroatoms. The van der Waals surface area contributed by atoms with Gasteiger partial charge in [0.25, 0.3) is 5.22 Å². The molecule has 0 bridgehead atoms. The van der Waals surface area contributed by atoms with Gasteiger partial charge in [0.2, 0.25) is 5.89 Å². The van der Waals surface area contributed by atoms with E-state index in [0.29, 0.717) is 23.3 Å². The molecule has 0 unspecified atom stereocenters. The van der Waals surface area contributed by atoms with E-state index in [1.54, 1.807) is 29.5 Å². The minimum Gasteiger partial charge on any atom is -0.484 e. The van der Waals surface area contributed by atoms with E-state index in [4.69, 9.17) is 9.15 Å². The number of hydrogen-bond donors (Lipinski definition) is 0. The van der Waals surface area contributed by atoms with Crippen molar-refractivity contribution in [3.05, 3.63) is 51.8 Å². The van der Waals surface area contributed by atoms with Crippen molar-refractivity contribution in [2.24, 2.45) is 0 Å². The zero-order chi connectivity index (χ0) is 18.6. The van der Waals surface area contributed by atoms with Crippen molar-refractivity contribution >= 4 is 23.1 Å². The van der Waals surface area contributed by atoms with E-state index < -0.39 is 12.8 Å². The van der Waals surface area contributed by atoms with E-state index >= 15 is 0 Å². The van der Waals surface area contributed by atoms with E-state index in [1.165, 1.54) is 17.8 Å². The second kappa shape index (κ2) is 8.09. The van der Waals surface area contributed by atoms with Crippen LogP contribution in [0.15, 0.2) is 39.3 Å². The van der Waals surface area contributed by atoms with E-state index in [-0.39, 0.29) is 5.75 Å². The highest BCUT2D eigenvalue weighted by Gasteiger charge is 2.28. The van der Waals surface area contributed by atoms with Crippen LogP contribution in [-0.4, -0.2) is 28.0 Å². The van der Waals surface area contributed by atoms with Gasteiger partial charge in [-0.3, -0.25) is 0 Å². The highest BCUT2D eigenvalue weighted by molar-refractivity contribution is 7.98. The molecule has 0 saturated heterocycles. The molecule has 3 rings (SSSR count). The molecular formula is C16H14F3N3O2S2. The number of nitrogens with zero attached hydrogens (tertiary/aromatic N) is 3. The summed E-state index contributed by atoms with van der Waals surface area (Å²) in [5, 5.41) is 11.3. The molecule has 0 amide bonds. The van der Waals surface area contributed by atoms with Crippen LogP contribution in [0.1, 0.15) is 22.2 Å². The number of aromatic nitrogens is 3. The summed E-state index contributed by atoms with van der Waals surface area (Å²) in [6, 6.07) is 6.49. The molecule has 1 aromatic carbocycles. The first-order valence-corrected chi connectivity index (χ1v) is 9.38. The SMILES string of the molecule is Cc1nc(Cc2nnc(SCc3cccc(OCC(F)(F)F)c3)o2)cs1. The molecule has 138 valence electrons. The Morgan fingerprint density at radius 3 is 2.85 bits per heavy atom. The largest absolute Gasteiger partial charge is 0.484 e. The number of alkyl halides is 3. The summed E-state index contributed by atoms with van der Waals surface area (Å²) in [5.74, 6) is 1.12. The number of hydrogen-bond acceptors (Lipinski definition) is 7. The molecule has 0 radical (unpaired) electrons. The molecule has 0 aliphatic heterocycles. The predicted octanol–water partition coefficient (Wildman–Crippen LogP) is 4.66. The van der Waals surface area contributed by atoms with E-state index in [9.17, 15) is 13.2 Å². The van der Waals surface area contributed by atoms with Crippen molar-refractivity contribution in [1.82, 2.24) is 15.2 Å². The minimum absolute atomic E-state index is 0.172. The first kappa shape index (κ1) is 18.7. The highest BCUT2D eigenvalue weighted by atomic mass is 32.2. The molecule has 26 heavy (non-hydrogen) atoms. The Labute approximate surface area is 155 Å². The van der Waals surface area contributed by atoms with Gasteiger partial charge in [-0.1, -0.05) is 23.9 Å². The molecule has 0 fully saturated rings. The fourth-order valence-corrected chi connectivity index (χ4v) is 3.38. The van der Waals surface area contributed by atoms with Crippen LogP contribution in [0.4, 0.5) is 13.2 Å². The van der Waals surface area contributed by atoms with Gasteiger partial charge in [0.05, 0.1) is 17.1 Å². The number of benzene rings is 1. The molecule has 0 aliphatic rings. The van der Waals surface area contributed by atoms with Gasteiger partial charge >= 0.3 is 6.18 Å². The van der Waals surface area contributed by atoms with Gasteiger partial charge in [-0.05, 0) is 24.6 Å². The average molecular weight is 401 g/mol. The molecule has 5 nitrogen and oxygen atoms in total. The van der Waals surface area contributed by atoms with Crippen LogP contribution in [0.25, 0.3) is 0 Å². The van der Waals surface area contributed by atoms with Gasteiger partial charge in [0, 0.05) is 11.1 Å². The van der Waals surface area contributed by atoms with Crippen LogP contribution >= 0.6 is 23.1 Å². The van der Waals surface area contributed by atoms with Crippen LogP contribution in [0.3, 0.4) is 0 Å². The average Bonchev–Trinajstić information content (AvgIpc) is 3.20. The molecule has 0 saturated carbocycles. The molecule has 0 aliphatic carbocycles. The second-order valence-corrected chi connectivity index (χ2v) is 7.33. The third-order valence-electron chi connectivity index (χ3n) is 3.11. The van der Waals surface area contributed by atoms with Gasteiger partial charge in [-0.25, -0.2) is 4.98 Å². The van der Waals surface area contributed by atoms with Crippen LogP contribution in [-0.2, 0) is 12.2 Å². The Hall–Kier alpha value is -2.07. The van der Waals surface area contributed by atoms with Gasteiger partial charge in [0.1, 0.15) is 5.75 Å². The number of rotatable bonds is 7. The smallest absolute Gasteiger partial charge is 0.422 e. The number of aryl methyl sites for hydroxylation is 1. The van der Waals surface area contributed by atoms with Gasteiger partial charge < -0.3 is 9.15 Å². The zero-order valence-electron chi connectivity index (χ0n) is 13.6. The standard InChI is InChI=1S/C16H14F3N3O2S2/c1-10-20-12(8-25-10)6-14-21-22-15(24-14)26-7-11-3-2-4-13(5-11)23-9-16(17,18)19/h2-5,8H,6-7,9H2,1H3. The number of ether oxygens (including phenoxy) is 1. The van der Waals surface area contributed by atoms with Gasteiger partial charge in [-0.2, -0.15) is 13.2 Å². The maximum Gasteiger partial charge on any atom is 0.422 e. The zero-order valence-corrected chi connectivity index (χ0v) is 15.2. The fourth-order valence-electron chi connectivity index (χ4n) is 2.05. The molecule has 2 heterocycles. The lowest BCUT2D eigenvalue weighted by atomic mass is 10.2. The monoisotopic (exact) mass is 401 g/mol. The molecule has 0 N–H and O–H groups in total. The predicted molar refractivity (Wildman–Crippen MR) is 91.5 cm³/mol. The van der Waals surface area contributed by atoms with Crippen molar-refractivity contribution in [1.29, 1.82) is 0 Å². The number of thioether (sulfide) groups is 1. The van der Waals surface area contributed by atoms with Crippen molar-refractivity contribution in [2.75, 3.05) is 6.61 Å². The maximum absolute atomic E-state index is 12.2. The summed E-state index contributed by atoms with van der Waals surface area (Å²) < 4.78 is 46.9. The van der Waals surface area contributed by atoms with Crippen LogP contribution < -0.4 is 4.74 Å². The molecule has 0 spiro atoms. The summed E-state index contributed by atoms with van der Waals surface area (Å²) in [6.45, 7) is 0.614. The Morgan fingerprint density at radius 1 is 1.27 bits per heavy atom. The number of halogens is 3. The Morgan fingerprint density at radius 2 is 2.12 bits per heavy atom. The lowest BCUT2D eigenvalue weighted by molar-refractivity contribution is -0.153.